The minimum atomic E-state index is -1.46. The van der Waals surface area contributed by atoms with Crippen LogP contribution < -0.4 is 10.4 Å². The zero-order valence-corrected chi connectivity index (χ0v) is 52.5. The van der Waals surface area contributed by atoms with Gasteiger partial charge in [-0.15, -0.1) is 77.8 Å². The maximum Gasteiger partial charge on any atom is 3.00 e. The fourth-order valence-corrected chi connectivity index (χ4v) is 11.9. The van der Waals surface area contributed by atoms with E-state index in [-0.39, 0.29) is 49.4 Å². The van der Waals surface area contributed by atoms with Gasteiger partial charge in [0.05, 0.1) is 50.2 Å². The van der Waals surface area contributed by atoms with Crippen LogP contribution in [0.1, 0.15) is 60.3 Å². The van der Waals surface area contributed by atoms with Gasteiger partial charge < -0.3 is 19.0 Å². The van der Waals surface area contributed by atoms with E-state index in [1.165, 1.54) is 55.9 Å². The number of pyridine rings is 2. The second-order valence-corrected chi connectivity index (χ2v) is 33.2. The molecule has 0 fully saturated rings. The summed E-state index contributed by atoms with van der Waals surface area (Å²) in [4.78, 5) is 14.0. The van der Waals surface area contributed by atoms with Gasteiger partial charge in [0, 0.05) is 37.8 Å². The van der Waals surface area contributed by atoms with Crippen LogP contribution in [0.4, 0.5) is 8.78 Å². The Morgan fingerprint density at radius 3 is 1.78 bits per heavy atom. The number of furan rings is 1. The maximum absolute atomic E-state index is 13.4. The number of imidazole rings is 1. The van der Waals surface area contributed by atoms with Crippen molar-refractivity contribution in [3.8, 4) is 67.9 Å². The van der Waals surface area contributed by atoms with Gasteiger partial charge in [0.2, 0.25) is 0 Å². The third kappa shape index (κ3) is 13.2. The number of para-hydroxylation sites is 2. The van der Waals surface area contributed by atoms with Gasteiger partial charge in [0.25, 0.3) is 0 Å². The fourth-order valence-electron chi connectivity index (χ4n) is 9.84. The van der Waals surface area contributed by atoms with Gasteiger partial charge in [0.15, 0.2) is 0 Å². The second kappa shape index (κ2) is 25.1. The average Bonchev–Trinajstić information content (AvgIpc) is 1.57. The van der Waals surface area contributed by atoms with Crippen molar-refractivity contribution >= 4 is 59.5 Å². The van der Waals surface area contributed by atoms with Gasteiger partial charge in [-0.3, -0.25) is 13.8 Å². The van der Waals surface area contributed by atoms with Crippen LogP contribution in [0.15, 0.2) is 199 Å². The Morgan fingerprint density at radius 1 is 0.602 bits per heavy atom. The van der Waals surface area contributed by atoms with Gasteiger partial charge >= 0.3 is 20.1 Å². The van der Waals surface area contributed by atoms with E-state index in [0.29, 0.717) is 22.4 Å². The van der Waals surface area contributed by atoms with Crippen LogP contribution in [0, 0.1) is 41.2 Å². The van der Waals surface area contributed by atoms with Gasteiger partial charge in [-0.1, -0.05) is 175 Å². The van der Waals surface area contributed by atoms with E-state index in [9.17, 15) is 14.0 Å². The standard InChI is InChI=1S/C44H34N3O.2C14H15FNSi.Ir/c1-27(2)37-24-33(32-20-18-31(19-21-32)30-11-6-5-7-12-30)25-38(28(3)4)42(37)47-40-16-9-8-15-39(40)46-44(47)36-14-10-13-35-34-22-17-29(26-45)23-41(34)48-43(35)36;2*1-17(2,3)13-8-9-14(16-10-13)11-4-6-12(15)7-5-11;/h5-13,15-25,27-28H,1-4H3;2*4,6-10H,1-3H3;/q3*-1;+3/i;4D,6D,7D;;. The number of aromatic nitrogens is 4. The molecule has 0 amide bonds. The number of hydrogen-bond donors (Lipinski definition) is 0. The molecule has 0 radical (unpaired) electrons. The van der Waals surface area contributed by atoms with Crippen LogP contribution in [0.2, 0.25) is 39.3 Å². The molecule has 12 rings (SSSR count). The van der Waals surface area contributed by atoms with Crippen LogP contribution in [0.3, 0.4) is 0 Å². The van der Waals surface area contributed by atoms with E-state index >= 15 is 0 Å². The molecule has 0 saturated heterocycles. The van der Waals surface area contributed by atoms with Gasteiger partial charge in [-0.25, -0.2) is 0 Å². The van der Waals surface area contributed by atoms with Crippen LogP contribution in [-0.2, 0) is 20.1 Å². The quantitative estimate of drug-likeness (QED) is 0.101. The van der Waals surface area contributed by atoms with E-state index in [1.54, 1.807) is 24.4 Å². The van der Waals surface area contributed by atoms with Crippen molar-refractivity contribution in [3.05, 3.63) is 241 Å². The molecule has 11 heteroatoms. The van der Waals surface area contributed by atoms with Crippen LogP contribution in [-0.4, -0.2) is 35.7 Å². The summed E-state index contributed by atoms with van der Waals surface area (Å²) in [6.45, 7) is 22.5. The first-order chi connectivity index (χ1) is 40.6. The summed E-state index contributed by atoms with van der Waals surface area (Å²) < 4.78 is 57.7. The maximum atomic E-state index is 13.4. The Bertz CT molecular complexity index is 4410. The Labute approximate surface area is 506 Å². The molecule has 0 spiro atoms. The molecule has 12 aromatic rings. The minimum Gasteiger partial charge on any atom is -0.500 e. The van der Waals surface area contributed by atoms with Crippen molar-refractivity contribution in [1.82, 2.24) is 19.5 Å². The first-order valence-electron chi connectivity index (χ1n) is 29.0. The molecule has 0 atom stereocenters. The summed E-state index contributed by atoms with van der Waals surface area (Å²) in [6, 6.07) is 64.0. The van der Waals surface area contributed by atoms with E-state index < -0.39 is 34.0 Å². The van der Waals surface area contributed by atoms with Crippen molar-refractivity contribution in [2.24, 2.45) is 0 Å². The molecule has 0 saturated carbocycles. The zero-order chi connectivity index (χ0) is 60.5. The SMILES string of the molecule is CC(C)c1cc(-c2ccc(-c3ccccc3)cc2)cc(C(C)C)c1-n1c(-c2[c-]ccc3c2oc2cc(C#N)ccc23)nc2ccccc21.C[Si](C)(C)c1ccc(-c2[c-]cc(F)cc2)nc1.[2H]c1[c-]c(-c2ccc([Si](C)(C)C)cn2)c([2H])c([2H])c1F.[Ir+3]. The van der Waals surface area contributed by atoms with Crippen molar-refractivity contribution in [1.29, 1.82) is 5.26 Å². The van der Waals surface area contributed by atoms with Gasteiger partial charge in [0.1, 0.15) is 5.58 Å². The van der Waals surface area contributed by atoms with Gasteiger partial charge in [-0.05, 0) is 105 Å². The summed E-state index contributed by atoms with van der Waals surface area (Å²) in [5, 5.41) is 14.0. The number of fused-ring (bicyclic) bond motifs is 4. The topological polar surface area (TPSA) is 80.5 Å². The van der Waals surface area contributed by atoms with E-state index in [4.69, 9.17) is 13.5 Å². The number of rotatable bonds is 10. The average molecular weight is 1300 g/mol. The largest absolute Gasteiger partial charge is 3.00 e. The fraction of sp³-hybridized carbons (Fsp3) is 0.167. The number of hydrogen-bond acceptors (Lipinski definition) is 5. The molecule has 0 N–H and O–H groups in total. The Kier molecular flexibility index (Phi) is 16.7. The van der Waals surface area contributed by atoms with Crippen molar-refractivity contribution in [2.75, 3.05) is 0 Å². The predicted octanol–water partition coefficient (Wildman–Crippen LogP) is 18.3. The summed E-state index contributed by atoms with van der Waals surface area (Å²) in [6.07, 6.45) is 3.68. The number of benzene rings is 8. The molecule has 0 unspecified atom stereocenters. The van der Waals surface area contributed by atoms with Gasteiger partial charge in [-0.2, -0.15) is 5.26 Å². The molecule has 0 bridgehead atoms. The molecule has 83 heavy (non-hydrogen) atoms. The first-order valence-corrected chi connectivity index (χ1v) is 34.5. The minimum absolute atomic E-state index is 0. The third-order valence-corrected chi connectivity index (χ3v) is 18.5. The molecule has 4 heterocycles. The summed E-state index contributed by atoms with van der Waals surface area (Å²) in [5.41, 5.74) is 15.5. The monoisotopic (exact) mass is 1300 g/mol. The molecular formula is C72H64F2IrN5OSi2. The van der Waals surface area contributed by atoms with Crippen LogP contribution >= 0.6 is 0 Å². The zero-order valence-electron chi connectivity index (χ0n) is 51.1. The smallest absolute Gasteiger partial charge is 0.500 e. The summed E-state index contributed by atoms with van der Waals surface area (Å²) in [7, 11) is -2.75. The molecule has 0 aliphatic heterocycles. The molecule has 414 valence electrons. The Balaban J connectivity index is 0.000000190. The number of nitriles is 1. The van der Waals surface area contributed by atoms with Crippen LogP contribution in [0.5, 0.6) is 0 Å². The van der Waals surface area contributed by atoms with Crippen molar-refractivity contribution in [2.45, 2.75) is 78.8 Å². The molecule has 6 nitrogen and oxygen atoms in total. The predicted molar refractivity (Wildman–Crippen MR) is 339 cm³/mol. The van der Waals surface area contributed by atoms with E-state index in [0.717, 1.165) is 50.1 Å². The molecular weight excluding hydrogens is 1240 g/mol. The Morgan fingerprint density at radius 2 is 1.20 bits per heavy atom. The first kappa shape index (κ1) is 55.3. The molecule has 0 aliphatic rings. The molecule has 0 aliphatic carbocycles. The summed E-state index contributed by atoms with van der Waals surface area (Å²) in [5.74, 6) is -0.0223. The Hall–Kier alpha value is -8.24. The van der Waals surface area contributed by atoms with Crippen LogP contribution in [0.25, 0.3) is 94.8 Å². The molecule has 8 aromatic carbocycles. The molecule has 4 aromatic heterocycles. The normalized spacial score (nSPS) is 12.0. The van der Waals surface area contributed by atoms with Crippen molar-refractivity contribution in [3.63, 3.8) is 0 Å². The number of halogens is 2. The van der Waals surface area contributed by atoms with E-state index in [2.05, 4.69) is 197 Å². The third-order valence-electron chi connectivity index (χ3n) is 14.5. The van der Waals surface area contributed by atoms with Crippen molar-refractivity contribution < 1.29 is 37.4 Å². The summed E-state index contributed by atoms with van der Waals surface area (Å²) >= 11 is 0. The second-order valence-electron chi connectivity index (χ2n) is 23.0. The van der Waals surface area contributed by atoms with E-state index in [1.807, 2.05) is 48.7 Å². The number of nitrogens with zero attached hydrogens (tertiary/aromatic N) is 5.